The summed E-state index contributed by atoms with van der Waals surface area (Å²) in [5, 5.41) is 3.73. The third kappa shape index (κ3) is 2.20. The summed E-state index contributed by atoms with van der Waals surface area (Å²) in [6.45, 7) is 4.07. The molecule has 0 saturated carbocycles. The second kappa shape index (κ2) is 4.41. The number of amides is 2. The molecule has 1 aliphatic heterocycles. The zero-order chi connectivity index (χ0) is 12.4. The normalized spacial score (nSPS) is 15.4. The average molecular weight is 229 g/mol. The van der Waals surface area contributed by atoms with Crippen LogP contribution in [0.2, 0.25) is 0 Å². The third-order valence-electron chi connectivity index (χ3n) is 2.56. The second-order valence-corrected chi connectivity index (χ2v) is 4.14. The maximum atomic E-state index is 11.7. The Hall–Kier alpha value is -2.10. The van der Waals surface area contributed by atoms with Gasteiger partial charge in [-0.05, 0) is 10.6 Å². The predicted molar refractivity (Wildman–Crippen MR) is 62.0 cm³/mol. The molecule has 0 radical (unpaired) electrons. The SMILES string of the molecule is CC(C)c1ccccc1[N+]1=NC(=O)C=CC1=O. The Labute approximate surface area is 99.3 Å². The van der Waals surface area contributed by atoms with Gasteiger partial charge in [-0.3, -0.25) is 4.79 Å². The highest BCUT2D eigenvalue weighted by Gasteiger charge is 2.29. The molecular weight excluding hydrogens is 216 g/mol. The Kier molecular flexibility index (Phi) is 2.95. The number of para-hydroxylation sites is 1. The van der Waals surface area contributed by atoms with Crippen molar-refractivity contribution >= 4 is 17.5 Å². The van der Waals surface area contributed by atoms with Gasteiger partial charge in [0.15, 0.2) is 0 Å². The molecule has 0 atom stereocenters. The van der Waals surface area contributed by atoms with Crippen molar-refractivity contribution in [1.29, 1.82) is 0 Å². The Bertz CT molecular complexity index is 542. The molecule has 0 fully saturated rings. The van der Waals surface area contributed by atoms with Gasteiger partial charge in [-0.15, -0.1) is 0 Å². The summed E-state index contributed by atoms with van der Waals surface area (Å²) in [6.07, 6.45) is 2.42. The molecule has 86 valence electrons. The molecule has 1 heterocycles. The molecule has 0 bridgehead atoms. The lowest BCUT2D eigenvalue weighted by Gasteiger charge is -2.07. The number of benzene rings is 1. The Morgan fingerprint density at radius 2 is 1.82 bits per heavy atom. The van der Waals surface area contributed by atoms with Gasteiger partial charge < -0.3 is 0 Å². The molecule has 0 unspecified atom stereocenters. The van der Waals surface area contributed by atoms with Gasteiger partial charge in [0.25, 0.3) is 0 Å². The second-order valence-electron chi connectivity index (χ2n) is 4.14. The summed E-state index contributed by atoms with van der Waals surface area (Å²) >= 11 is 0. The molecule has 17 heavy (non-hydrogen) atoms. The molecule has 1 aliphatic rings. The average Bonchev–Trinajstić information content (AvgIpc) is 2.32. The van der Waals surface area contributed by atoms with E-state index in [4.69, 9.17) is 0 Å². The fraction of sp³-hybridized carbons (Fsp3) is 0.231. The number of azo groups is 2. The van der Waals surface area contributed by atoms with Crippen molar-refractivity contribution in [2.45, 2.75) is 19.8 Å². The molecule has 0 aromatic heterocycles. The van der Waals surface area contributed by atoms with Crippen molar-refractivity contribution in [2.24, 2.45) is 5.11 Å². The van der Waals surface area contributed by atoms with Crippen LogP contribution < -0.4 is 0 Å². The smallest absolute Gasteiger partial charge is 0.261 e. The van der Waals surface area contributed by atoms with Gasteiger partial charge in [0.1, 0.15) is 0 Å². The van der Waals surface area contributed by atoms with E-state index in [0.29, 0.717) is 5.69 Å². The van der Waals surface area contributed by atoms with Crippen LogP contribution in [0.5, 0.6) is 0 Å². The maximum absolute atomic E-state index is 11.7. The first-order chi connectivity index (χ1) is 8.09. The number of hydrogen-bond acceptors (Lipinski definition) is 2. The fourth-order valence-electron chi connectivity index (χ4n) is 1.74. The van der Waals surface area contributed by atoms with E-state index >= 15 is 0 Å². The largest absolute Gasteiger partial charge is 0.443 e. The van der Waals surface area contributed by atoms with Crippen molar-refractivity contribution in [3.05, 3.63) is 42.0 Å². The van der Waals surface area contributed by atoms with Crippen molar-refractivity contribution in [1.82, 2.24) is 0 Å². The topological polar surface area (TPSA) is 49.5 Å². The summed E-state index contributed by atoms with van der Waals surface area (Å²) < 4.78 is 1.16. The van der Waals surface area contributed by atoms with Crippen LogP contribution in [-0.4, -0.2) is 16.5 Å². The van der Waals surface area contributed by atoms with Gasteiger partial charge in [0, 0.05) is 17.7 Å². The van der Waals surface area contributed by atoms with Gasteiger partial charge in [-0.1, -0.05) is 32.0 Å². The minimum Gasteiger partial charge on any atom is -0.261 e. The van der Waals surface area contributed by atoms with Crippen LogP contribution in [-0.2, 0) is 9.59 Å². The fourth-order valence-corrected chi connectivity index (χ4v) is 1.74. The lowest BCUT2D eigenvalue weighted by atomic mass is 10.0. The first kappa shape index (κ1) is 11.4. The van der Waals surface area contributed by atoms with Crippen molar-refractivity contribution in [3.63, 3.8) is 0 Å². The summed E-state index contributed by atoms with van der Waals surface area (Å²) in [4.78, 5) is 22.9. The predicted octanol–water partition coefficient (Wildman–Crippen LogP) is 2.53. The third-order valence-corrected chi connectivity index (χ3v) is 2.56. The zero-order valence-corrected chi connectivity index (χ0v) is 9.75. The molecular formula is C13H13N2O2+. The van der Waals surface area contributed by atoms with E-state index in [-0.39, 0.29) is 11.8 Å². The number of hydrogen-bond donors (Lipinski definition) is 0. The van der Waals surface area contributed by atoms with Gasteiger partial charge in [0.05, 0.1) is 11.2 Å². The van der Waals surface area contributed by atoms with Crippen LogP contribution in [0.1, 0.15) is 25.3 Å². The Morgan fingerprint density at radius 3 is 2.53 bits per heavy atom. The van der Waals surface area contributed by atoms with E-state index in [2.05, 4.69) is 5.11 Å². The van der Waals surface area contributed by atoms with E-state index in [0.717, 1.165) is 10.3 Å². The summed E-state index contributed by atoms with van der Waals surface area (Å²) in [5.41, 5.74) is 1.66. The van der Waals surface area contributed by atoms with Crippen LogP contribution in [0.4, 0.5) is 5.69 Å². The highest BCUT2D eigenvalue weighted by atomic mass is 16.2. The molecule has 0 N–H and O–H groups in total. The summed E-state index contributed by atoms with van der Waals surface area (Å²) in [6, 6.07) is 7.46. The van der Waals surface area contributed by atoms with Crippen LogP contribution in [0, 0.1) is 0 Å². The molecule has 1 aromatic rings. The van der Waals surface area contributed by atoms with Crippen molar-refractivity contribution in [3.8, 4) is 0 Å². The standard InChI is InChI=1S/C13H13N2O2/c1-9(2)10-5-3-4-6-11(10)15-13(17)8-7-12(16)14-15/h3-9H,1-2H3/q+1. The highest BCUT2D eigenvalue weighted by molar-refractivity contribution is 5.97. The lowest BCUT2D eigenvalue weighted by molar-refractivity contribution is -0.426. The molecule has 0 spiro atoms. The number of nitrogens with zero attached hydrogens (tertiary/aromatic N) is 2. The maximum Gasteiger partial charge on any atom is 0.443 e. The summed E-state index contributed by atoms with van der Waals surface area (Å²) in [7, 11) is 0. The quantitative estimate of drug-likeness (QED) is 0.732. The Balaban J connectivity index is 2.54. The number of carbonyl (C=O) groups excluding carboxylic acids is 2. The number of carbonyl (C=O) groups is 2. The molecule has 2 amide bonds. The van der Waals surface area contributed by atoms with E-state index in [1.165, 1.54) is 12.2 Å². The molecule has 4 heteroatoms. The molecule has 0 saturated heterocycles. The van der Waals surface area contributed by atoms with Crippen LogP contribution in [0.3, 0.4) is 0 Å². The van der Waals surface area contributed by atoms with E-state index < -0.39 is 5.91 Å². The van der Waals surface area contributed by atoms with E-state index in [1.54, 1.807) is 6.07 Å². The van der Waals surface area contributed by atoms with Crippen LogP contribution in [0.15, 0.2) is 41.5 Å². The first-order valence-electron chi connectivity index (χ1n) is 5.46. The van der Waals surface area contributed by atoms with Crippen LogP contribution >= 0.6 is 0 Å². The van der Waals surface area contributed by atoms with E-state index in [9.17, 15) is 9.59 Å². The summed E-state index contributed by atoms with van der Waals surface area (Å²) in [5.74, 6) is -0.448. The Morgan fingerprint density at radius 1 is 1.12 bits per heavy atom. The lowest BCUT2D eigenvalue weighted by Crippen LogP contribution is -2.18. The van der Waals surface area contributed by atoms with Crippen molar-refractivity contribution in [2.75, 3.05) is 0 Å². The highest BCUT2D eigenvalue weighted by Crippen LogP contribution is 2.27. The van der Waals surface area contributed by atoms with Gasteiger partial charge in [-0.2, -0.15) is 0 Å². The van der Waals surface area contributed by atoms with Crippen LogP contribution in [0.25, 0.3) is 0 Å². The molecule has 4 nitrogen and oxygen atoms in total. The first-order valence-corrected chi connectivity index (χ1v) is 5.46. The van der Waals surface area contributed by atoms with Gasteiger partial charge >= 0.3 is 11.8 Å². The number of rotatable bonds is 2. The minimum absolute atomic E-state index is 0.259. The minimum atomic E-state index is -0.414. The van der Waals surface area contributed by atoms with Gasteiger partial charge in [0.2, 0.25) is 5.69 Å². The zero-order valence-electron chi connectivity index (χ0n) is 9.75. The molecule has 0 aliphatic carbocycles. The van der Waals surface area contributed by atoms with Crippen molar-refractivity contribution < 1.29 is 14.3 Å². The van der Waals surface area contributed by atoms with E-state index in [1.807, 2.05) is 32.0 Å². The molecule has 1 aromatic carbocycles. The van der Waals surface area contributed by atoms with Gasteiger partial charge in [-0.25, -0.2) is 4.79 Å². The monoisotopic (exact) mass is 229 g/mol. The molecule has 2 rings (SSSR count).